The van der Waals surface area contributed by atoms with E-state index in [0.29, 0.717) is 26.0 Å². The van der Waals surface area contributed by atoms with Gasteiger partial charge in [0.15, 0.2) is 0 Å². The molecule has 0 bridgehead atoms. The quantitative estimate of drug-likeness (QED) is 0.593. The van der Waals surface area contributed by atoms with Crippen LogP contribution in [0.1, 0.15) is 11.1 Å². The first-order valence-electron chi connectivity index (χ1n) is 5.88. The minimum atomic E-state index is -4.38. The highest BCUT2D eigenvalue weighted by Gasteiger charge is 2.31. The molecular formula is C14H11Br2F3N2. The van der Waals surface area contributed by atoms with Crippen molar-refractivity contribution in [3.05, 3.63) is 50.4 Å². The van der Waals surface area contributed by atoms with Gasteiger partial charge < -0.3 is 11.1 Å². The van der Waals surface area contributed by atoms with Gasteiger partial charge in [-0.1, -0.05) is 0 Å². The van der Waals surface area contributed by atoms with Gasteiger partial charge in [-0.15, -0.1) is 0 Å². The molecule has 0 fully saturated rings. The largest absolute Gasteiger partial charge is 0.416 e. The molecule has 0 aliphatic rings. The summed E-state index contributed by atoms with van der Waals surface area (Å²) in [6.45, 7) is 1.83. The van der Waals surface area contributed by atoms with E-state index in [4.69, 9.17) is 5.73 Å². The molecule has 0 spiro atoms. The molecule has 0 saturated heterocycles. The highest BCUT2D eigenvalue weighted by atomic mass is 79.9. The van der Waals surface area contributed by atoms with Crippen LogP contribution in [0.15, 0.2) is 39.3 Å². The molecule has 3 N–H and O–H groups in total. The van der Waals surface area contributed by atoms with Crippen LogP contribution in [-0.4, -0.2) is 0 Å². The molecule has 2 rings (SSSR count). The Morgan fingerprint density at radius 1 is 1.00 bits per heavy atom. The third kappa shape index (κ3) is 3.71. The first-order valence-corrected chi connectivity index (χ1v) is 7.46. The fourth-order valence-corrected chi connectivity index (χ4v) is 2.54. The second-order valence-electron chi connectivity index (χ2n) is 4.51. The van der Waals surface area contributed by atoms with Gasteiger partial charge in [0.2, 0.25) is 0 Å². The van der Waals surface area contributed by atoms with Gasteiger partial charge in [-0.05, 0) is 74.7 Å². The van der Waals surface area contributed by atoms with Gasteiger partial charge in [-0.2, -0.15) is 13.2 Å². The molecule has 112 valence electrons. The lowest BCUT2D eigenvalue weighted by Gasteiger charge is -2.15. The standard InChI is InChI=1S/C14H11Br2F3N2/c1-7-4-12(10(16)6-11(7)20)21-13-5-8(14(17,18)19)2-3-9(13)15/h2-6,21H,20H2,1H3. The average Bonchev–Trinajstić information content (AvgIpc) is 2.37. The number of nitrogens with one attached hydrogen (secondary N) is 1. The molecule has 0 amide bonds. The molecule has 0 saturated carbocycles. The van der Waals surface area contributed by atoms with Crippen LogP contribution in [0.25, 0.3) is 0 Å². The second-order valence-corrected chi connectivity index (χ2v) is 6.21. The van der Waals surface area contributed by atoms with Crippen molar-refractivity contribution >= 4 is 48.9 Å². The van der Waals surface area contributed by atoms with Gasteiger partial charge >= 0.3 is 6.18 Å². The van der Waals surface area contributed by atoms with E-state index in [9.17, 15) is 13.2 Å². The smallest absolute Gasteiger partial charge is 0.398 e. The van der Waals surface area contributed by atoms with Crippen molar-refractivity contribution in [3.63, 3.8) is 0 Å². The molecule has 0 radical (unpaired) electrons. The summed E-state index contributed by atoms with van der Waals surface area (Å²) in [5.74, 6) is 0. The number of benzene rings is 2. The maximum absolute atomic E-state index is 12.8. The lowest BCUT2D eigenvalue weighted by molar-refractivity contribution is -0.137. The van der Waals surface area contributed by atoms with E-state index in [0.717, 1.165) is 17.7 Å². The highest BCUT2D eigenvalue weighted by Crippen LogP contribution is 2.37. The fraction of sp³-hybridized carbons (Fsp3) is 0.143. The summed E-state index contributed by atoms with van der Waals surface area (Å²) in [4.78, 5) is 0. The van der Waals surface area contributed by atoms with E-state index in [2.05, 4.69) is 37.2 Å². The van der Waals surface area contributed by atoms with E-state index in [1.165, 1.54) is 6.07 Å². The molecule has 2 aromatic rings. The van der Waals surface area contributed by atoms with Crippen LogP contribution in [0.2, 0.25) is 0 Å². The van der Waals surface area contributed by atoms with Crippen molar-refractivity contribution in [3.8, 4) is 0 Å². The van der Waals surface area contributed by atoms with E-state index >= 15 is 0 Å². The monoisotopic (exact) mass is 422 g/mol. The van der Waals surface area contributed by atoms with Gasteiger partial charge in [0.1, 0.15) is 0 Å². The molecule has 0 aromatic heterocycles. The summed E-state index contributed by atoms with van der Waals surface area (Å²) >= 11 is 6.58. The Kier molecular flexibility index (Phi) is 4.53. The number of alkyl halides is 3. The van der Waals surface area contributed by atoms with Crippen LogP contribution >= 0.6 is 31.9 Å². The van der Waals surface area contributed by atoms with Crippen molar-refractivity contribution in [1.29, 1.82) is 0 Å². The Balaban J connectivity index is 2.42. The topological polar surface area (TPSA) is 38.0 Å². The predicted molar refractivity (Wildman–Crippen MR) is 85.7 cm³/mol. The van der Waals surface area contributed by atoms with Crippen molar-refractivity contribution < 1.29 is 13.2 Å². The molecular weight excluding hydrogens is 413 g/mol. The van der Waals surface area contributed by atoms with Crippen molar-refractivity contribution in [2.24, 2.45) is 0 Å². The normalized spacial score (nSPS) is 11.5. The van der Waals surface area contributed by atoms with Gasteiger partial charge in [0.05, 0.1) is 16.9 Å². The summed E-state index contributed by atoms with van der Waals surface area (Å²) in [7, 11) is 0. The summed E-state index contributed by atoms with van der Waals surface area (Å²) in [6.07, 6.45) is -4.38. The Morgan fingerprint density at radius 3 is 2.24 bits per heavy atom. The van der Waals surface area contributed by atoms with Gasteiger partial charge in [0, 0.05) is 14.6 Å². The Morgan fingerprint density at radius 2 is 1.62 bits per heavy atom. The molecule has 2 nitrogen and oxygen atoms in total. The third-order valence-electron chi connectivity index (χ3n) is 2.92. The highest BCUT2D eigenvalue weighted by molar-refractivity contribution is 9.11. The first-order chi connectivity index (χ1) is 9.68. The zero-order valence-electron chi connectivity index (χ0n) is 10.9. The SMILES string of the molecule is Cc1cc(Nc2cc(C(F)(F)F)ccc2Br)c(Br)cc1N. The lowest BCUT2D eigenvalue weighted by atomic mass is 10.1. The maximum atomic E-state index is 12.8. The lowest BCUT2D eigenvalue weighted by Crippen LogP contribution is -2.06. The average molecular weight is 424 g/mol. The second kappa shape index (κ2) is 5.88. The van der Waals surface area contributed by atoms with Gasteiger partial charge in [0.25, 0.3) is 0 Å². The number of nitrogen functional groups attached to an aromatic ring is 1. The number of rotatable bonds is 2. The summed E-state index contributed by atoms with van der Waals surface area (Å²) in [5.41, 5.74) is 7.48. The Hall–Kier alpha value is -1.21. The molecule has 0 unspecified atom stereocenters. The van der Waals surface area contributed by atoms with E-state index in [1.807, 2.05) is 6.92 Å². The number of hydrogen-bond donors (Lipinski definition) is 2. The van der Waals surface area contributed by atoms with E-state index < -0.39 is 11.7 Å². The number of anilines is 3. The van der Waals surface area contributed by atoms with Crippen molar-refractivity contribution in [2.75, 3.05) is 11.1 Å². The molecule has 7 heteroatoms. The summed E-state index contributed by atoms with van der Waals surface area (Å²) in [6, 6.07) is 6.93. The maximum Gasteiger partial charge on any atom is 0.416 e. The van der Waals surface area contributed by atoms with Crippen molar-refractivity contribution in [2.45, 2.75) is 13.1 Å². The van der Waals surface area contributed by atoms with Gasteiger partial charge in [-0.25, -0.2) is 0 Å². The van der Waals surface area contributed by atoms with Crippen LogP contribution in [-0.2, 0) is 6.18 Å². The number of nitrogens with two attached hydrogens (primary N) is 1. The van der Waals surface area contributed by atoms with Crippen LogP contribution in [0.4, 0.5) is 30.2 Å². The summed E-state index contributed by atoms with van der Waals surface area (Å²) in [5, 5.41) is 2.97. The third-order valence-corrected chi connectivity index (χ3v) is 4.27. The number of halogens is 5. The Labute approximate surface area is 136 Å². The van der Waals surface area contributed by atoms with E-state index in [1.54, 1.807) is 12.1 Å². The molecule has 0 aliphatic carbocycles. The summed E-state index contributed by atoms with van der Waals surface area (Å²) < 4.78 is 39.5. The molecule has 0 heterocycles. The molecule has 2 aromatic carbocycles. The fourth-order valence-electron chi connectivity index (χ4n) is 1.74. The van der Waals surface area contributed by atoms with Crippen LogP contribution < -0.4 is 11.1 Å². The molecule has 21 heavy (non-hydrogen) atoms. The minimum Gasteiger partial charge on any atom is -0.398 e. The zero-order chi connectivity index (χ0) is 15.8. The van der Waals surface area contributed by atoms with Crippen LogP contribution in [0, 0.1) is 6.92 Å². The zero-order valence-corrected chi connectivity index (χ0v) is 14.0. The predicted octanol–water partition coefficient (Wildman–Crippen LogP) is 5.86. The van der Waals surface area contributed by atoms with Crippen LogP contribution in [0.5, 0.6) is 0 Å². The number of hydrogen-bond acceptors (Lipinski definition) is 2. The van der Waals surface area contributed by atoms with Crippen molar-refractivity contribution in [1.82, 2.24) is 0 Å². The van der Waals surface area contributed by atoms with Gasteiger partial charge in [-0.3, -0.25) is 0 Å². The minimum absolute atomic E-state index is 0.328. The number of aryl methyl sites for hydroxylation is 1. The Bertz CT molecular complexity index is 685. The first kappa shape index (κ1) is 16.2. The molecule has 0 atom stereocenters. The van der Waals surface area contributed by atoms with Crippen LogP contribution in [0.3, 0.4) is 0 Å². The molecule has 0 aliphatic heterocycles. The van der Waals surface area contributed by atoms with E-state index in [-0.39, 0.29) is 0 Å².